The van der Waals surface area contributed by atoms with Crippen molar-refractivity contribution >= 4 is 5.96 Å². The summed E-state index contributed by atoms with van der Waals surface area (Å²) >= 11 is 0. The van der Waals surface area contributed by atoms with Crippen LogP contribution in [0.25, 0.3) is 11.1 Å². The Bertz CT molecular complexity index is 659. The van der Waals surface area contributed by atoms with Gasteiger partial charge in [-0.3, -0.25) is 4.99 Å². The van der Waals surface area contributed by atoms with Gasteiger partial charge >= 0.3 is 0 Å². The van der Waals surface area contributed by atoms with Crippen molar-refractivity contribution in [3.63, 3.8) is 0 Å². The molecule has 0 spiro atoms. The summed E-state index contributed by atoms with van der Waals surface area (Å²) < 4.78 is 11.0. The van der Waals surface area contributed by atoms with Gasteiger partial charge in [0.15, 0.2) is 5.96 Å². The molecular formula is C21H29N3O2. The number of guanidine groups is 1. The standard InChI is InChI=1S/C21H29N3O2/c1-3-22-21(23-14-9-16-25-2)24-15-17-26-20-13-8-7-12-19(20)18-10-5-4-6-11-18/h4-8,10-13H,3,9,14-17H2,1-2H3,(H2,22,23,24). The summed E-state index contributed by atoms with van der Waals surface area (Å²) in [5, 5.41) is 6.54. The number of hydrogen-bond acceptors (Lipinski definition) is 3. The minimum atomic E-state index is 0.562. The fourth-order valence-electron chi connectivity index (χ4n) is 2.52. The average Bonchev–Trinajstić information content (AvgIpc) is 2.69. The topological polar surface area (TPSA) is 54.9 Å². The normalized spacial score (nSPS) is 11.2. The van der Waals surface area contributed by atoms with Gasteiger partial charge in [-0.2, -0.15) is 0 Å². The average molecular weight is 355 g/mol. The second-order valence-electron chi connectivity index (χ2n) is 5.74. The number of hydrogen-bond donors (Lipinski definition) is 2. The summed E-state index contributed by atoms with van der Waals surface area (Å²) in [6.45, 7) is 5.58. The highest BCUT2D eigenvalue weighted by molar-refractivity contribution is 5.79. The lowest BCUT2D eigenvalue weighted by atomic mass is 10.1. The maximum Gasteiger partial charge on any atom is 0.191 e. The van der Waals surface area contributed by atoms with Crippen molar-refractivity contribution in [2.45, 2.75) is 13.3 Å². The van der Waals surface area contributed by atoms with E-state index in [1.54, 1.807) is 7.11 Å². The molecule has 0 radical (unpaired) electrons. The highest BCUT2D eigenvalue weighted by Gasteiger charge is 2.05. The lowest BCUT2D eigenvalue weighted by molar-refractivity contribution is 0.197. The van der Waals surface area contributed by atoms with Crippen LogP contribution in [0.2, 0.25) is 0 Å². The number of nitrogens with zero attached hydrogens (tertiary/aromatic N) is 1. The molecule has 5 nitrogen and oxygen atoms in total. The van der Waals surface area contributed by atoms with Gasteiger partial charge < -0.3 is 20.1 Å². The van der Waals surface area contributed by atoms with Crippen molar-refractivity contribution in [1.82, 2.24) is 10.6 Å². The van der Waals surface area contributed by atoms with Crippen LogP contribution >= 0.6 is 0 Å². The fourth-order valence-corrected chi connectivity index (χ4v) is 2.52. The van der Waals surface area contributed by atoms with E-state index < -0.39 is 0 Å². The Labute approximate surface area is 156 Å². The molecule has 0 aliphatic carbocycles. The Hall–Kier alpha value is -2.53. The van der Waals surface area contributed by atoms with Crippen molar-refractivity contribution in [2.24, 2.45) is 4.99 Å². The SMILES string of the molecule is CCNC(=NCCCOC)NCCOc1ccccc1-c1ccccc1. The van der Waals surface area contributed by atoms with Crippen LogP contribution in [-0.4, -0.2) is 45.9 Å². The Balaban J connectivity index is 1.85. The monoisotopic (exact) mass is 355 g/mol. The maximum atomic E-state index is 6.00. The Morgan fingerprint density at radius 2 is 1.73 bits per heavy atom. The molecule has 0 heterocycles. The van der Waals surface area contributed by atoms with Gasteiger partial charge in [0.05, 0.1) is 6.54 Å². The highest BCUT2D eigenvalue weighted by atomic mass is 16.5. The third-order valence-electron chi connectivity index (χ3n) is 3.74. The van der Waals surface area contributed by atoms with Crippen LogP contribution in [0, 0.1) is 0 Å². The molecule has 0 atom stereocenters. The molecule has 0 amide bonds. The molecule has 0 fully saturated rings. The molecule has 0 aliphatic rings. The molecule has 2 aromatic rings. The van der Waals surface area contributed by atoms with Crippen LogP contribution in [-0.2, 0) is 4.74 Å². The van der Waals surface area contributed by atoms with E-state index in [0.29, 0.717) is 13.2 Å². The lowest BCUT2D eigenvalue weighted by Crippen LogP contribution is -2.39. The van der Waals surface area contributed by atoms with Gasteiger partial charge in [-0.1, -0.05) is 48.5 Å². The fraction of sp³-hybridized carbons (Fsp3) is 0.381. The zero-order valence-electron chi connectivity index (χ0n) is 15.7. The summed E-state index contributed by atoms with van der Waals surface area (Å²) in [7, 11) is 1.71. The Morgan fingerprint density at radius 1 is 0.962 bits per heavy atom. The van der Waals surface area contributed by atoms with Gasteiger partial charge in [0, 0.05) is 32.4 Å². The second-order valence-corrected chi connectivity index (χ2v) is 5.74. The second kappa shape index (κ2) is 11.9. The molecule has 0 saturated heterocycles. The molecule has 2 aromatic carbocycles. The minimum absolute atomic E-state index is 0.562. The predicted octanol–water partition coefficient (Wildman–Crippen LogP) is 3.32. The van der Waals surface area contributed by atoms with E-state index >= 15 is 0 Å². The molecule has 0 aromatic heterocycles. The van der Waals surface area contributed by atoms with Crippen LogP contribution in [0.3, 0.4) is 0 Å². The van der Waals surface area contributed by atoms with E-state index in [-0.39, 0.29) is 0 Å². The molecule has 26 heavy (non-hydrogen) atoms. The molecule has 2 N–H and O–H groups in total. The van der Waals surface area contributed by atoms with Crippen LogP contribution < -0.4 is 15.4 Å². The van der Waals surface area contributed by atoms with E-state index in [0.717, 1.165) is 49.0 Å². The van der Waals surface area contributed by atoms with Gasteiger partial charge in [-0.15, -0.1) is 0 Å². The number of methoxy groups -OCH3 is 1. The van der Waals surface area contributed by atoms with E-state index in [4.69, 9.17) is 9.47 Å². The van der Waals surface area contributed by atoms with Crippen LogP contribution in [0.1, 0.15) is 13.3 Å². The minimum Gasteiger partial charge on any atom is -0.491 e. The Morgan fingerprint density at radius 3 is 2.50 bits per heavy atom. The summed E-state index contributed by atoms with van der Waals surface area (Å²) in [5.41, 5.74) is 2.26. The summed E-state index contributed by atoms with van der Waals surface area (Å²) in [5.74, 6) is 1.70. The van der Waals surface area contributed by atoms with Crippen molar-refractivity contribution in [3.05, 3.63) is 54.6 Å². The number of nitrogens with one attached hydrogen (secondary N) is 2. The van der Waals surface area contributed by atoms with Crippen molar-refractivity contribution in [1.29, 1.82) is 0 Å². The molecule has 5 heteroatoms. The van der Waals surface area contributed by atoms with E-state index in [2.05, 4.69) is 40.7 Å². The summed E-state index contributed by atoms with van der Waals surface area (Å²) in [6.07, 6.45) is 0.911. The maximum absolute atomic E-state index is 6.00. The van der Waals surface area contributed by atoms with E-state index in [9.17, 15) is 0 Å². The molecular weight excluding hydrogens is 326 g/mol. The zero-order chi connectivity index (χ0) is 18.5. The van der Waals surface area contributed by atoms with Gasteiger partial charge in [-0.25, -0.2) is 0 Å². The van der Waals surface area contributed by atoms with Crippen molar-refractivity contribution in [2.75, 3.05) is 40.0 Å². The molecule has 0 unspecified atom stereocenters. The van der Waals surface area contributed by atoms with Crippen LogP contribution in [0.5, 0.6) is 5.75 Å². The zero-order valence-corrected chi connectivity index (χ0v) is 15.7. The third-order valence-corrected chi connectivity index (χ3v) is 3.74. The number of aliphatic imine (C=N–C) groups is 1. The first-order valence-electron chi connectivity index (χ1n) is 9.13. The van der Waals surface area contributed by atoms with Gasteiger partial charge in [-0.05, 0) is 25.0 Å². The molecule has 0 aliphatic heterocycles. The van der Waals surface area contributed by atoms with E-state index in [1.807, 2.05) is 36.4 Å². The number of ether oxygens (including phenoxy) is 2. The first kappa shape index (κ1) is 19.8. The van der Waals surface area contributed by atoms with Crippen LogP contribution in [0.4, 0.5) is 0 Å². The summed E-state index contributed by atoms with van der Waals surface area (Å²) in [6, 6.07) is 18.4. The predicted molar refractivity (Wildman–Crippen MR) is 108 cm³/mol. The molecule has 140 valence electrons. The molecule has 0 bridgehead atoms. The Kier molecular flexibility index (Phi) is 9.08. The van der Waals surface area contributed by atoms with E-state index in [1.165, 1.54) is 0 Å². The summed E-state index contributed by atoms with van der Waals surface area (Å²) in [4.78, 5) is 4.52. The highest BCUT2D eigenvalue weighted by Crippen LogP contribution is 2.29. The third kappa shape index (κ3) is 6.76. The molecule has 0 saturated carbocycles. The van der Waals surface area contributed by atoms with Gasteiger partial charge in [0.25, 0.3) is 0 Å². The van der Waals surface area contributed by atoms with Crippen molar-refractivity contribution in [3.8, 4) is 16.9 Å². The smallest absolute Gasteiger partial charge is 0.191 e. The van der Waals surface area contributed by atoms with Gasteiger partial charge in [0.1, 0.15) is 12.4 Å². The number of rotatable bonds is 10. The molecule has 2 rings (SSSR count). The quantitative estimate of drug-likeness (QED) is 0.390. The number of para-hydroxylation sites is 1. The van der Waals surface area contributed by atoms with Gasteiger partial charge in [0.2, 0.25) is 0 Å². The first-order valence-corrected chi connectivity index (χ1v) is 9.13. The van der Waals surface area contributed by atoms with Crippen LogP contribution in [0.15, 0.2) is 59.6 Å². The lowest BCUT2D eigenvalue weighted by Gasteiger charge is -2.14. The first-order chi connectivity index (χ1) is 12.8. The van der Waals surface area contributed by atoms with Crippen molar-refractivity contribution < 1.29 is 9.47 Å². The largest absolute Gasteiger partial charge is 0.491 e. The number of benzene rings is 2.